The van der Waals surface area contributed by atoms with Crippen LogP contribution in [0.1, 0.15) is 49.7 Å². The van der Waals surface area contributed by atoms with Gasteiger partial charge in [-0.15, -0.1) is 0 Å². The molecule has 10 heteroatoms. The number of aliphatic hydroxyl groups is 1. The monoisotopic (exact) mass is 543 g/mol. The lowest BCUT2D eigenvalue weighted by Gasteiger charge is -2.26. The van der Waals surface area contributed by atoms with Gasteiger partial charge in [0.05, 0.1) is 36.8 Å². The molecule has 0 aliphatic carbocycles. The number of nitrogens with zero attached hydrogens (tertiary/aromatic N) is 5. The van der Waals surface area contributed by atoms with Gasteiger partial charge in [0, 0.05) is 31.7 Å². The predicted octanol–water partition coefficient (Wildman–Crippen LogP) is 4.54. The number of Topliss-reactive ketones (excluding diaryl/α,β-unsaturated/α-hetero) is 1. The molecule has 4 aromatic rings. The summed E-state index contributed by atoms with van der Waals surface area (Å²) in [5.41, 5.74) is 2.22. The van der Waals surface area contributed by atoms with Crippen LogP contribution in [0.15, 0.2) is 66.9 Å². The van der Waals surface area contributed by atoms with Crippen molar-refractivity contribution in [3.8, 4) is 11.5 Å². The number of carbonyl (C=O) groups is 2. The number of carbonyl (C=O) groups excluding carboxylic acids is 2. The molecule has 3 aromatic heterocycles. The first kappa shape index (κ1) is 27.0. The number of amides is 1. The maximum atomic E-state index is 13.6. The van der Waals surface area contributed by atoms with Crippen LogP contribution in [0.5, 0.6) is 11.5 Å². The second-order valence-electron chi connectivity index (χ2n) is 9.61. The van der Waals surface area contributed by atoms with Crippen LogP contribution < -0.4 is 9.47 Å². The van der Waals surface area contributed by atoms with E-state index in [1.165, 1.54) is 4.90 Å². The van der Waals surface area contributed by atoms with Crippen molar-refractivity contribution < 1.29 is 24.2 Å². The van der Waals surface area contributed by atoms with Crippen molar-refractivity contribution in [3.63, 3.8) is 0 Å². The molecule has 0 radical (unpaired) electrons. The lowest BCUT2D eigenvalue weighted by atomic mass is 9.95. The number of aryl methyl sites for hydroxylation is 2. The first-order valence-electron chi connectivity index (χ1n) is 13.5. The normalized spacial score (nSPS) is 16.7. The van der Waals surface area contributed by atoms with Gasteiger partial charge in [0.1, 0.15) is 11.3 Å². The molecule has 1 saturated heterocycles. The molecule has 1 amide bonds. The number of benzene rings is 1. The first-order valence-corrected chi connectivity index (χ1v) is 13.5. The molecule has 10 nitrogen and oxygen atoms in total. The van der Waals surface area contributed by atoms with E-state index in [2.05, 4.69) is 9.97 Å². The Kier molecular flexibility index (Phi) is 7.86. The van der Waals surface area contributed by atoms with E-state index in [-0.39, 0.29) is 11.3 Å². The number of likely N-dealkylation sites (tertiary alicyclic amines) is 1. The Balaban J connectivity index is 1.62. The van der Waals surface area contributed by atoms with E-state index in [9.17, 15) is 14.7 Å². The number of aliphatic hydroxyl groups excluding tert-OH is 1. The number of aromatic nitrogens is 4. The highest BCUT2D eigenvalue weighted by Crippen LogP contribution is 2.42. The van der Waals surface area contributed by atoms with Gasteiger partial charge in [0.15, 0.2) is 17.3 Å². The zero-order chi connectivity index (χ0) is 28.2. The third-order valence-electron chi connectivity index (χ3n) is 6.89. The number of fused-ring (bicyclic) bond motifs is 1. The van der Waals surface area contributed by atoms with Crippen molar-refractivity contribution in [1.29, 1.82) is 0 Å². The van der Waals surface area contributed by atoms with Gasteiger partial charge in [0.25, 0.3) is 11.7 Å². The summed E-state index contributed by atoms with van der Waals surface area (Å²) in [6.45, 7) is 7.54. The largest absolute Gasteiger partial charge is 0.505 e. The van der Waals surface area contributed by atoms with E-state index >= 15 is 0 Å². The lowest BCUT2D eigenvalue weighted by molar-refractivity contribution is -0.139. The van der Waals surface area contributed by atoms with Crippen LogP contribution >= 0.6 is 0 Å². The van der Waals surface area contributed by atoms with Gasteiger partial charge >= 0.3 is 0 Å². The number of hydrogen-bond donors (Lipinski definition) is 1. The minimum atomic E-state index is -0.823. The fraction of sp³-hybridized carbons (Fsp3) is 0.333. The van der Waals surface area contributed by atoms with E-state index in [0.717, 1.165) is 6.42 Å². The molecule has 1 unspecified atom stereocenters. The maximum absolute atomic E-state index is 13.6. The zero-order valence-electron chi connectivity index (χ0n) is 22.9. The molecule has 40 heavy (non-hydrogen) atoms. The summed E-state index contributed by atoms with van der Waals surface area (Å²) < 4.78 is 15.4. The predicted molar refractivity (Wildman–Crippen MR) is 149 cm³/mol. The van der Waals surface area contributed by atoms with Gasteiger partial charge in [-0.2, -0.15) is 0 Å². The fourth-order valence-electron chi connectivity index (χ4n) is 5.12. The first-order chi connectivity index (χ1) is 19.4. The Morgan fingerprint density at radius 2 is 1.90 bits per heavy atom. The number of imidazole rings is 2. The summed E-state index contributed by atoms with van der Waals surface area (Å²) in [4.78, 5) is 37.2. The van der Waals surface area contributed by atoms with Crippen LogP contribution in [-0.2, 0) is 16.1 Å². The van der Waals surface area contributed by atoms with E-state index < -0.39 is 17.7 Å². The minimum Gasteiger partial charge on any atom is -0.505 e. The summed E-state index contributed by atoms with van der Waals surface area (Å²) in [5, 5.41) is 11.7. The average molecular weight is 544 g/mol. The van der Waals surface area contributed by atoms with Crippen molar-refractivity contribution in [1.82, 2.24) is 23.8 Å². The molecule has 208 valence electrons. The number of hydrogen-bond acceptors (Lipinski definition) is 7. The number of ketones is 1. The van der Waals surface area contributed by atoms with Gasteiger partial charge in [-0.05, 0) is 56.5 Å². The van der Waals surface area contributed by atoms with Gasteiger partial charge in [-0.1, -0.05) is 19.1 Å². The summed E-state index contributed by atoms with van der Waals surface area (Å²) in [6, 6.07) is 10.1. The Labute approximate surface area is 232 Å². The minimum absolute atomic E-state index is 0.0195. The summed E-state index contributed by atoms with van der Waals surface area (Å²) in [7, 11) is 0. The second-order valence-corrected chi connectivity index (χ2v) is 9.61. The highest BCUT2D eigenvalue weighted by Gasteiger charge is 2.46. The Bertz CT molecular complexity index is 1560. The standard InChI is InChI=1S/C30H33N5O5/c1-4-17-40-22-11-10-21(18-23(22)39-5-2)27-25(28(36)26-20(3)32-24-9-6-7-14-34(24)26)29(37)30(38)35(27)15-8-13-33-16-12-31-19-33/h6-7,9-12,14,16,18-19,27,36H,4-5,8,13,15,17H2,1-3H3/b28-25+. The molecule has 1 atom stereocenters. The van der Waals surface area contributed by atoms with Gasteiger partial charge in [-0.3, -0.25) is 14.0 Å². The second kappa shape index (κ2) is 11.6. The van der Waals surface area contributed by atoms with Crippen LogP contribution in [0.25, 0.3) is 11.4 Å². The van der Waals surface area contributed by atoms with Crippen LogP contribution in [-0.4, -0.2) is 60.4 Å². The molecule has 4 heterocycles. The average Bonchev–Trinajstić information content (AvgIpc) is 3.65. The van der Waals surface area contributed by atoms with Gasteiger partial charge < -0.3 is 24.0 Å². The zero-order valence-corrected chi connectivity index (χ0v) is 22.9. The molecule has 5 rings (SSSR count). The van der Waals surface area contributed by atoms with E-state index in [0.29, 0.717) is 66.8 Å². The summed E-state index contributed by atoms with van der Waals surface area (Å²) in [6.07, 6.45) is 8.45. The number of rotatable bonds is 11. The molecule has 1 aliphatic rings. The smallest absolute Gasteiger partial charge is 0.295 e. The van der Waals surface area contributed by atoms with Crippen molar-refractivity contribution in [2.24, 2.45) is 0 Å². The van der Waals surface area contributed by atoms with E-state index in [4.69, 9.17) is 9.47 Å². The molecule has 1 aromatic carbocycles. The highest BCUT2D eigenvalue weighted by atomic mass is 16.5. The van der Waals surface area contributed by atoms with Crippen LogP contribution in [0, 0.1) is 6.92 Å². The van der Waals surface area contributed by atoms with Crippen molar-refractivity contribution in [2.75, 3.05) is 19.8 Å². The third kappa shape index (κ3) is 5.04. The van der Waals surface area contributed by atoms with Crippen LogP contribution in [0.3, 0.4) is 0 Å². The molecule has 0 spiro atoms. The van der Waals surface area contributed by atoms with Crippen LogP contribution in [0.4, 0.5) is 0 Å². The molecule has 1 N–H and O–H groups in total. The number of pyridine rings is 1. The topological polar surface area (TPSA) is 111 Å². The quantitative estimate of drug-likeness (QED) is 0.168. The Hall–Kier alpha value is -4.60. The van der Waals surface area contributed by atoms with Crippen LogP contribution in [0.2, 0.25) is 0 Å². The fourth-order valence-corrected chi connectivity index (χ4v) is 5.12. The molecular weight excluding hydrogens is 510 g/mol. The number of ether oxygens (including phenoxy) is 2. The van der Waals surface area contributed by atoms with E-state index in [1.54, 1.807) is 42.2 Å². The lowest BCUT2D eigenvalue weighted by Crippen LogP contribution is -2.31. The van der Waals surface area contributed by atoms with Gasteiger partial charge in [0.2, 0.25) is 0 Å². The van der Waals surface area contributed by atoms with E-state index in [1.807, 2.05) is 48.9 Å². The highest BCUT2D eigenvalue weighted by molar-refractivity contribution is 6.46. The Morgan fingerprint density at radius 3 is 2.65 bits per heavy atom. The van der Waals surface area contributed by atoms with Crippen molar-refractivity contribution in [2.45, 2.75) is 46.2 Å². The molecule has 0 bridgehead atoms. The Morgan fingerprint density at radius 1 is 1.05 bits per heavy atom. The van der Waals surface area contributed by atoms with Gasteiger partial charge in [-0.25, -0.2) is 9.97 Å². The molecule has 1 fully saturated rings. The molecule has 0 saturated carbocycles. The summed E-state index contributed by atoms with van der Waals surface area (Å²) >= 11 is 0. The summed E-state index contributed by atoms with van der Waals surface area (Å²) in [5.74, 6) is -0.556. The maximum Gasteiger partial charge on any atom is 0.295 e. The molecule has 1 aliphatic heterocycles. The third-order valence-corrected chi connectivity index (χ3v) is 6.89. The van der Waals surface area contributed by atoms with Crippen molar-refractivity contribution >= 4 is 23.1 Å². The SMILES string of the molecule is CCCOc1ccc(C2/C(=C(\O)c3c(C)nc4ccccn34)C(=O)C(=O)N2CCCn2ccnc2)cc1OCC. The molecular formula is C30H33N5O5. The van der Waals surface area contributed by atoms with Crippen molar-refractivity contribution in [3.05, 3.63) is 83.8 Å².